The van der Waals surface area contributed by atoms with Crippen LogP contribution in [0.5, 0.6) is 0 Å². The molecule has 0 aliphatic rings. The van der Waals surface area contributed by atoms with Gasteiger partial charge in [0.25, 0.3) is 0 Å². The van der Waals surface area contributed by atoms with E-state index >= 15 is 0 Å². The predicted octanol–water partition coefficient (Wildman–Crippen LogP) is 4.03. The van der Waals surface area contributed by atoms with Crippen LogP contribution in [-0.2, 0) is 13.1 Å². The van der Waals surface area contributed by atoms with Crippen LogP contribution in [0.3, 0.4) is 0 Å². The number of nitrogens with one attached hydrogen (secondary N) is 2. The van der Waals surface area contributed by atoms with Crippen molar-refractivity contribution >= 4 is 41.3 Å². The molecule has 0 aliphatic carbocycles. The third-order valence-electron chi connectivity index (χ3n) is 3.41. The Morgan fingerprint density at radius 2 is 2.17 bits per heavy atom. The summed E-state index contributed by atoms with van der Waals surface area (Å²) < 4.78 is 2.18. The van der Waals surface area contributed by atoms with E-state index in [4.69, 9.17) is 0 Å². The van der Waals surface area contributed by atoms with Gasteiger partial charge < -0.3 is 15.2 Å². The van der Waals surface area contributed by atoms with Crippen LogP contribution in [0, 0.1) is 5.92 Å². The monoisotopic (exact) mass is 461 g/mol. The lowest BCUT2D eigenvalue weighted by Crippen LogP contribution is -2.38. The molecular formula is C17H28IN5S. The van der Waals surface area contributed by atoms with Gasteiger partial charge in [-0.2, -0.15) is 0 Å². The van der Waals surface area contributed by atoms with Crippen LogP contribution < -0.4 is 10.6 Å². The van der Waals surface area contributed by atoms with Crippen LogP contribution in [-0.4, -0.2) is 22.1 Å². The minimum atomic E-state index is 0. The second-order valence-electron chi connectivity index (χ2n) is 5.97. The summed E-state index contributed by atoms with van der Waals surface area (Å²) >= 11 is 1.75. The topological polar surface area (TPSA) is 54.2 Å². The highest BCUT2D eigenvalue weighted by Crippen LogP contribution is 2.17. The highest BCUT2D eigenvalue weighted by atomic mass is 127. The molecule has 0 fully saturated rings. The van der Waals surface area contributed by atoms with Crippen molar-refractivity contribution in [1.29, 1.82) is 0 Å². The van der Waals surface area contributed by atoms with Crippen molar-refractivity contribution in [2.24, 2.45) is 10.9 Å². The number of aromatic nitrogens is 2. The lowest BCUT2D eigenvalue weighted by Gasteiger charge is -2.17. The van der Waals surface area contributed by atoms with Crippen LogP contribution in [0.2, 0.25) is 0 Å². The highest BCUT2D eigenvalue weighted by Gasteiger charge is 2.09. The van der Waals surface area contributed by atoms with Crippen molar-refractivity contribution in [3.8, 4) is 0 Å². The summed E-state index contributed by atoms with van der Waals surface area (Å²) in [5.41, 5.74) is 0. The minimum Gasteiger partial charge on any atom is -0.357 e. The van der Waals surface area contributed by atoms with Crippen molar-refractivity contribution in [2.75, 3.05) is 6.54 Å². The molecule has 2 rings (SSSR count). The SMILES string of the molecule is CCNC(=NCc1nccn1CC(C)C)NC(C)c1cccs1.I. The van der Waals surface area contributed by atoms with E-state index < -0.39 is 0 Å². The third kappa shape index (κ3) is 6.43. The van der Waals surface area contributed by atoms with Crippen LogP contribution in [0.15, 0.2) is 34.9 Å². The molecule has 1 atom stereocenters. The first-order valence-electron chi connectivity index (χ1n) is 8.18. The van der Waals surface area contributed by atoms with E-state index in [0.717, 1.165) is 24.9 Å². The van der Waals surface area contributed by atoms with E-state index in [1.54, 1.807) is 11.3 Å². The molecule has 134 valence electrons. The fraction of sp³-hybridized carbons (Fsp3) is 0.529. The Labute approximate surface area is 166 Å². The zero-order valence-electron chi connectivity index (χ0n) is 14.8. The first-order chi connectivity index (χ1) is 11.1. The van der Waals surface area contributed by atoms with Gasteiger partial charge in [0.05, 0.1) is 6.04 Å². The van der Waals surface area contributed by atoms with Gasteiger partial charge in [0.1, 0.15) is 12.4 Å². The molecule has 0 amide bonds. The Morgan fingerprint density at radius 3 is 2.79 bits per heavy atom. The molecule has 0 bridgehead atoms. The van der Waals surface area contributed by atoms with E-state index in [0.29, 0.717) is 12.5 Å². The van der Waals surface area contributed by atoms with Gasteiger partial charge in [-0.15, -0.1) is 35.3 Å². The number of aliphatic imine (C=N–C) groups is 1. The second kappa shape index (κ2) is 10.7. The lowest BCUT2D eigenvalue weighted by atomic mass is 10.2. The number of guanidine groups is 1. The first kappa shape index (κ1) is 21.0. The minimum absolute atomic E-state index is 0. The molecule has 0 aliphatic heterocycles. The van der Waals surface area contributed by atoms with Gasteiger partial charge in [-0.05, 0) is 31.2 Å². The van der Waals surface area contributed by atoms with Gasteiger partial charge in [-0.3, -0.25) is 0 Å². The Kier molecular flexibility index (Phi) is 9.35. The number of hydrogen-bond donors (Lipinski definition) is 2. The summed E-state index contributed by atoms with van der Waals surface area (Å²) in [6.07, 6.45) is 3.88. The molecule has 2 aromatic heterocycles. The Balaban J connectivity index is 0.00000288. The van der Waals surface area contributed by atoms with E-state index in [9.17, 15) is 0 Å². The van der Waals surface area contributed by atoms with Crippen molar-refractivity contribution in [2.45, 2.75) is 46.8 Å². The maximum atomic E-state index is 4.69. The zero-order valence-corrected chi connectivity index (χ0v) is 18.0. The van der Waals surface area contributed by atoms with Gasteiger partial charge in [-0.1, -0.05) is 19.9 Å². The largest absolute Gasteiger partial charge is 0.357 e. The average Bonchev–Trinajstić information content (AvgIpc) is 3.16. The lowest BCUT2D eigenvalue weighted by molar-refractivity contribution is 0.507. The fourth-order valence-corrected chi connectivity index (χ4v) is 3.07. The second-order valence-corrected chi connectivity index (χ2v) is 6.95. The van der Waals surface area contributed by atoms with Crippen LogP contribution >= 0.6 is 35.3 Å². The van der Waals surface area contributed by atoms with Crippen molar-refractivity contribution in [3.05, 3.63) is 40.6 Å². The third-order valence-corrected chi connectivity index (χ3v) is 4.46. The van der Waals surface area contributed by atoms with Gasteiger partial charge >= 0.3 is 0 Å². The maximum Gasteiger partial charge on any atom is 0.192 e. The van der Waals surface area contributed by atoms with Gasteiger partial charge in [0, 0.05) is 30.4 Å². The Morgan fingerprint density at radius 1 is 1.38 bits per heavy atom. The Hall–Kier alpha value is -1.09. The van der Waals surface area contributed by atoms with E-state index in [1.165, 1.54) is 4.88 Å². The molecule has 0 saturated heterocycles. The van der Waals surface area contributed by atoms with Crippen molar-refractivity contribution in [3.63, 3.8) is 0 Å². The van der Waals surface area contributed by atoms with Crippen molar-refractivity contribution in [1.82, 2.24) is 20.2 Å². The molecule has 2 aromatic rings. The summed E-state index contributed by atoms with van der Waals surface area (Å²) in [5.74, 6) is 2.42. The summed E-state index contributed by atoms with van der Waals surface area (Å²) in [6, 6.07) is 4.45. The van der Waals surface area contributed by atoms with E-state index in [1.807, 2.05) is 12.4 Å². The molecule has 2 N–H and O–H groups in total. The number of thiophene rings is 1. The molecule has 0 radical (unpaired) electrons. The average molecular weight is 461 g/mol. The van der Waals surface area contributed by atoms with Gasteiger partial charge in [0.15, 0.2) is 5.96 Å². The van der Waals surface area contributed by atoms with Gasteiger partial charge in [-0.25, -0.2) is 9.98 Å². The molecular weight excluding hydrogens is 433 g/mol. The quantitative estimate of drug-likeness (QED) is 0.372. The number of imidazole rings is 1. The van der Waals surface area contributed by atoms with Crippen LogP contribution in [0.4, 0.5) is 0 Å². The molecule has 0 aromatic carbocycles. The zero-order chi connectivity index (χ0) is 16.7. The summed E-state index contributed by atoms with van der Waals surface area (Å²) in [7, 11) is 0. The molecule has 0 spiro atoms. The van der Waals surface area contributed by atoms with Crippen LogP contribution in [0.1, 0.15) is 44.4 Å². The maximum absolute atomic E-state index is 4.69. The Bertz CT molecular complexity index is 606. The number of rotatable bonds is 7. The summed E-state index contributed by atoms with van der Waals surface area (Å²) in [6.45, 7) is 11.0. The predicted molar refractivity (Wildman–Crippen MR) is 113 cm³/mol. The molecule has 0 saturated carbocycles. The fourth-order valence-electron chi connectivity index (χ4n) is 2.33. The molecule has 24 heavy (non-hydrogen) atoms. The molecule has 2 heterocycles. The highest BCUT2D eigenvalue weighted by molar-refractivity contribution is 14.0. The summed E-state index contributed by atoms with van der Waals surface area (Å²) in [5, 5.41) is 8.86. The standard InChI is InChI=1S/C17H27N5S.HI/c1-5-18-17(21-14(4)15-7-6-10-23-15)20-11-16-19-8-9-22(16)12-13(2)3;/h6-10,13-14H,5,11-12H2,1-4H3,(H2,18,20,21);1H. The molecule has 5 nitrogen and oxygen atoms in total. The number of hydrogen-bond acceptors (Lipinski definition) is 3. The van der Waals surface area contributed by atoms with E-state index in [-0.39, 0.29) is 30.0 Å². The number of halogens is 1. The number of nitrogens with zero attached hydrogens (tertiary/aromatic N) is 3. The van der Waals surface area contributed by atoms with E-state index in [2.05, 4.69) is 70.4 Å². The smallest absolute Gasteiger partial charge is 0.192 e. The normalized spacial score (nSPS) is 12.8. The van der Waals surface area contributed by atoms with Crippen LogP contribution in [0.25, 0.3) is 0 Å². The molecule has 1 unspecified atom stereocenters. The molecule has 7 heteroatoms. The van der Waals surface area contributed by atoms with Crippen molar-refractivity contribution < 1.29 is 0 Å². The summed E-state index contributed by atoms with van der Waals surface area (Å²) in [4.78, 5) is 10.4. The first-order valence-corrected chi connectivity index (χ1v) is 9.06. The van der Waals surface area contributed by atoms with Gasteiger partial charge in [0.2, 0.25) is 0 Å².